The maximum atomic E-state index is 13.1. The topological polar surface area (TPSA) is 124 Å². The summed E-state index contributed by atoms with van der Waals surface area (Å²) < 4.78 is 0. The Hall–Kier alpha value is -3.27. The number of hydrogen-bond acceptors (Lipinski definition) is 7. The molecule has 10 heteroatoms. The summed E-state index contributed by atoms with van der Waals surface area (Å²) in [4.78, 5) is 48.5. The maximum Gasteiger partial charge on any atom is 0.274 e. The summed E-state index contributed by atoms with van der Waals surface area (Å²) in [6, 6.07) is 10.0. The molecule has 3 heterocycles. The van der Waals surface area contributed by atoms with Crippen molar-refractivity contribution < 1.29 is 19.4 Å². The number of amides is 2. The van der Waals surface area contributed by atoms with Gasteiger partial charge in [0.1, 0.15) is 0 Å². The third-order valence-electron chi connectivity index (χ3n) is 5.57. The van der Waals surface area contributed by atoms with E-state index in [1.54, 1.807) is 12.1 Å². The second-order valence-electron chi connectivity index (χ2n) is 6.85. The van der Waals surface area contributed by atoms with Crippen LogP contribution in [0.5, 0.6) is 0 Å². The lowest BCUT2D eigenvalue weighted by molar-refractivity contribution is -0.385. The molecule has 0 aliphatic carbocycles. The summed E-state index contributed by atoms with van der Waals surface area (Å²) in [5.74, 6) is -2.01. The van der Waals surface area contributed by atoms with Crippen molar-refractivity contribution >= 4 is 40.6 Å². The molecule has 2 bridgehead atoms. The molecule has 0 spiro atoms. The summed E-state index contributed by atoms with van der Waals surface area (Å²) in [6.45, 7) is 0. The van der Waals surface area contributed by atoms with Crippen LogP contribution in [0.2, 0.25) is 0 Å². The number of hydrogen-bond donors (Lipinski definition) is 0. The van der Waals surface area contributed by atoms with Crippen molar-refractivity contribution in [3.63, 3.8) is 0 Å². The van der Waals surface area contributed by atoms with Gasteiger partial charge in [-0.1, -0.05) is 12.1 Å². The van der Waals surface area contributed by atoms with Gasteiger partial charge in [-0.2, -0.15) is 0 Å². The molecule has 4 atom stereocenters. The number of non-ortho nitro benzene ring substituents is 1. The number of fused-ring (bicyclic) bond motifs is 8. The number of carbonyl (C=O) groups is 2. The molecule has 2 aromatic rings. The van der Waals surface area contributed by atoms with Crippen LogP contribution in [-0.2, 0) is 9.59 Å². The lowest BCUT2D eigenvalue weighted by Gasteiger charge is -2.21. The average Bonchev–Trinajstić information content (AvgIpc) is 3.32. The molecule has 0 radical (unpaired) electrons. The molecule has 0 unspecified atom stereocenters. The van der Waals surface area contributed by atoms with Gasteiger partial charge in [-0.25, -0.2) is 4.90 Å². The summed E-state index contributed by atoms with van der Waals surface area (Å²) in [6.07, 6.45) is 0. The standard InChI is InChI=1S/C18H11N3O6S/c22-17-13-14(18(23)19(17)8-4-6-9(7-5-8)20(24)25)16-12-10(15(13)28-16)2-1-3-11(12)21(26)27/h1-7,13-16H/t13-,14+,15+,16-/m1/s1. The zero-order chi connectivity index (χ0) is 19.7. The molecular formula is C18H11N3O6S. The molecule has 0 saturated carbocycles. The van der Waals surface area contributed by atoms with Gasteiger partial charge in [0.25, 0.3) is 11.4 Å². The lowest BCUT2D eigenvalue weighted by atomic mass is 9.77. The van der Waals surface area contributed by atoms with Crippen LogP contribution in [0.25, 0.3) is 0 Å². The number of benzene rings is 2. The molecule has 28 heavy (non-hydrogen) atoms. The normalized spacial score (nSPS) is 27.1. The van der Waals surface area contributed by atoms with Crippen molar-refractivity contribution in [3.05, 3.63) is 73.8 Å². The molecule has 9 nitrogen and oxygen atoms in total. The highest BCUT2D eigenvalue weighted by molar-refractivity contribution is 8.00. The Morgan fingerprint density at radius 3 is 2.11 bits per heavy atom. The Morgan fingerprint density at radius 2 is 1.50 bits per heavy atom. The number of carbonyl (C=O) groups excluding carboxylic acids is 2. The highest BCUT2D eigenvalue weighted by Crippen LogP contribution is 2.70. The van der Waals surface area contributed by atoms with Crippen LogP contribution in [-0.4, -0.2) is 21.7 Å². The summed E-state index contributed by atoms with van der Waals surface area (Å²) in [5.41, 5.74) is 1.40. The van der Waals surface area contributed by atoms with E-state index in [9.17, 15) is 29.8 Å². The van der Waals surface area contributed by atoms with E-state index in [4.69, 9.17) is 0 Å². The Bertz CT molecular complexity index is 1090. The fraction of sp³-hybridized carbons (Fsp3) is 0.222. The van der Waals surface area contributed by atoms with Crippen LogP contribution < -0.4 is 4.90 Å². The zero-order valence-corrected chi connectivity index (χ0v) is 14.9. The molecule has 5 rings (SSSR count). The molecule has 2 saturated heterocycles. The van der Waals surface area contributed by atoms with Gasteiger partial charge < -0.3 is 0 Å². The van der Waals surface area contributed by atoms with E-state index < -0.39 is 32.8 Å². The van der Waals surface area contributed by atoms with Crippen LogP contribution in [0.1, 0.15) is 21.6 Å². The number of thioether (sulfide) groups is 1. The van der Waals surface area contributed by atoms with Crippen LogP contribution in [0.15, 0.2) is 42.5 Å². The van der Waals surface area contributed by atoms with Crippen LogP contribution in [0, 0.1) is 32.1 Å². The first-order chi connectivity index (χ1) is 13.4. The SMILES string of the molecule is O=C1[C@@H]2[C@H](C(=O)N1c1ccc([N+](=O)[O-])cc1)[C@@H]1S[C@H]2c2cccc([N+](=O)[O-])c21. The van der Waals surface area contributed by atoms with Crippen LogP contribution in [0.3, 0.4) is 0 Å². The van der Waals surface area contributed by atoms with Gasteiger partial charge in [0.15, 0.2) is 0 Å². The minimum atomic E-state index is -0.661. The van der Waals surface area contributed by atoms with E-state index in [0.717, 1.165) is 10.5 Å². The van der Waals surface area contributed by atoms with Gasteiger partial charge in [0.05, 0.1) is 27.4 Å². The Balaban J connectivity index is 1.56. The number of imide groups is 1. The Labute approximate surface area is 161 Å². The fourth-order valence-corrected chi connectivity index (χ4v) is 6.43. The van der Waals surface area contributed by atoms with E-state index in [1.165, 1.54) is 42.1 Å². The number of nitro groups is 2. The van der Waals surface area contributed by atoms with Crippen molar-refractivity contribution in [2.24, 2.45) is 11.8 Å². The second kappa shape index (κ2) is 5.61. The summed E-state index contributed by atoms with van der Waals surface area (Å²) in [5, 5.41) is 21.5. The maximum absolute atomic E-state index is 13.1. The second-order valence-corrected chi connectivity index (χ2v) is 8.14. The first kappa shape index (κ1) is 16.9. The number of nitro benzene ring substituents is 2. The van der Waals surface area contributed by atoms with Gasteiger partial charge in [-0.3, -0.25) is 29.8 Å². The minimum Gasteiger partial charge on any atom is -0.274 e. The lowest BCUT2D eigenvalue weighted by Crippen LogP contribution is -2.32. The number of rotatable bonds is 3. The van der Waals surface area contributed by atoms with E-state index in [-0.39, 0.29) is 28.2 Å². The van der Waals surface area contributed by atoms with Crippen molar-refractivity contribution in [2.75, 3.05) is 4.90 Å². The quantitative estimate of drug-likeness (QED) is 0.443. The van der Waals surface area contributed by atoms with E-state index in [0.29, 0.717) is 5.56 Å². The molecule has 3 aliphatic heterocycles. The number of anilines is 1. The largest absolute Gasteiger partial charge is 0.274 e. The van der Waals surface area contributed by atoms with Gasteiger partial charge >= 0.3 is 0 Å². The first-order valence-corrected chi connectivity index (χ1v) is 9.39. The first-order valence-electron chi connectivity index (χ1n) is 8.45. The van der Waals surface area contributed by atoms with Crippen molar-refractivity contribution in [3.8, 4) is 0 Å². The van der Waals surface area contributed by atoms with Crippen molar-refractivity contribution in [1.82, 2.24) is 0 Å². The number of nitrogens with zero attached hydrogens (tertiary/aromatic N) is 3. The van der Waals surface area contributed by atoms with Crippen molar-refractivity contribution in [1.29, 1.82) is 0 Å². The van der Waals surface area contributed by atoms with Crippen molar-refractivity contribution in [2.45, 2.75) is 10.5 Å². The van der Waals surface area contributed by atoms with Gasteiger partial charge in [-0.05, 0) is 17.7 Å². The van der Waals surface area contributed by atoms with E-state index >= 15 is 0 Å². The molecule has 2 fully saturated rings. The summed E-state index contributed by atoms with van der Waals surface area (Å²) >= 11 is 1.43. The monoisotopic (exact) mass is 397 g/mol. The Morgan fingerprint density at radius 1 is 0.857 bits per heavy atom. The predicted molar refractivity (Wildman–Crippen MR) is 98.7 cm³/mol. The molecule has 2 amide bonds. The van der Waals surface area contributed by atoms with Crippen LogP contribution in [0.4, 0.5) is 17.1 Å². The van der Waals surface area contributed by atoms with Crippen LogP contribution >= 0.6 is 11.8 Å². The molecule has 0 aromatic heterocycles. The van der Waals surface area contributed by atoms with Gasteiger partial charge in [-0.15, -0.1) is 11.8 Å². The molecular weight excluding hydrogens is 386 g/mol. The third kappa shape index (κ3) is 2.03. The van der Waals surface area contributed by atoms with E-state index in [2.05, 4.69) is 0 Å². The fourth-order valence-electron chi connectivity index (χ4n) is 4.46. The minimum absolute atomic E-state index is 0.0232. The molecule has 140 valence electrons. The average molecular weight is 397 g/mol. The molecule has 2 aromatic carbocycles. The van der Waals surface area contributed by atoms with Gasteiger partial charge in [0.2, 0.25) is 11.8 Å². The summed E-state index contributed by atoms with van der Waals surface area (Å²) in [7, 11) is 0. The molecule has 3 aliphatic rings. The third-order valence-corrected chi connectivity index (χ3v) is 7.23. The Kier molecular flexibility index (Phi) is 3.38. The van der Waals surface area contributed by atoms with Gasteiger partial charge in [0, 0.05) is 34.3 Å². The molecule has 0 N–H and O–H groups in total. The zero-order valence-electron chi connectivity index (χ0n) is 14.1. The van der Waals surface area contributed by atoms with E-state index in [1.807, 2.05) is 0 Å². The highest BCUT2D eigenvalue weighted by atomic mass is 32.2. The highest BCUT2D eigenvalue weighted by Gasteiger charge is 2.65. The predicted octanol–water partition coefficient (Wildman–Crippen LogP) is 3.15. The smallest absolute Gasteiger partial charge is 0.274 e.